The van der Waals surface area contributed by atoms with Gasteiger partial charge in [-0.05, 0) is 75.6 Å². The second-order valence-electron chi connectivity index (χ2n) is 9.82. The van der Waals surface area contributed by atoms with Crippen LogP contribution in [0.4, 0.5) is 0 Å². The standard InChI is InChI=1S/C31H36N2O6S/c1-6-8-9-16-38-23-13-11-22(12-14-23)28-27(30(36)39-19(3)4)20(5)32-31-33(28)29(35)26(40-31)18-21-10-15-24(34)25(17-21)37-7-2/h10-15,17-19,28,34H,6-9,16H2,1-5H3/b26-18-. The van der Waals surface area contributed by atoms with Crippen molar-refractivity contribution in [1.82, 2.24) is 4.57 Å². The maximum atomic E-state index is 13.8. The Hall–Kier alpha value is -3.85. The number of phenols is 1. The summed E-state index contributed by atoms with van der Waals surface area (Å²) < 4.78 is 19.0. The summed E-state index contributed by atoms with van der Waals surface area (Å²) in [7, 11) is 0. The Kier molecular flexibility index (Phi) is 9.47. The predicted octanol–water partition coefficient (Wildman–Crippen LogP) is 4.86. The molecule has 2 aromatic carbocycles. The highest BCUT2D eigenvalue weighted by atomic mass is 32.1. The van der Waals surface area contributed by atoms with Crippen LogP contribution in [0, 0.1) is 0 Å². The number of rotatable bonds is 11. The molecular formula is C31H36N2O6S. The minimum Gasteiger partial charge on any atom is -0.504 e. The Morgan fingerprint density at radius 1 is 1.12 bits per heavy atom. The quantitative estimate of drug-likeness (QED) is 0.264. The number of esters is 1. The molecular weight excluding hydrogens is 528 g/mol. The fourth-order valence-corrected chi connectivity index (χ4v) is 5.55. The molecule has 1 unspecified atom stereocenters. The molecule has 1 aromatic heterocycles. The number of benzene rings is 2. The van der Waals surface area contributed by atoms with Crippen LogP contribution in [0.5, 0.6) is 17.2 Å². The van der Waals surface area contributed by atoms with Crippen LogP contribution in [-0.2, 0) is 9.53 Å². The zero-order valence-electron chi connectivity index (χ0n) is 23.6. The van der Waals surface area contributed by atoms with E-state index in [0.717, 1.165) is 30.6 Å². The van der Waals surface area contributed by atoms with Crippen molar-refractivity contribution in [1.29, 1.82) is 0 Å². The number of nitrogens with zero attached hydrogens (tertiary/aromatic N) is 2. The SMILES string of the molecule is CCCCCOc1ccc(C2C(C(=O)OC(C)C)=C(C)N=c3s/c(=C\c4ccc(O)c(OCC)c4)c(=O)n32)cc1. The van der Waals surface area contributed by atoms with Crippen molar-refractivity contribution in [2.75, 3.05) is 13.2 Å². The normalized spacial score (nSPS) is 15.2. The molecule has 1 aliphatic heterocycles. The molecule has 212 valence electrons. The number of unbranched alkanes of at least 4 members (excludes halogenated alkanes) is 2. The molecule has 0 bridgehead atoms. The third-order valence-corrected chi connectivity index (χ3v) is 7.36. The highest BCUT2D eigenvalue weighted by Crippen LogP contribution is 2.32. The van der Waals surface area contributed by atoms with Crippen LogP contribution in [0.3, 0.4) is 0 Å². The molecule has 8 nitrogen and oxygen atoms in total. The lowest BCUT2D eigenvalue weighted by Gasteiger charge is -2.25. The number of aromatic nitrogens is 1. The van der Waals surface area contributed by atoms with Crippen LogP contribution < -0.4 is 24.4 Å². The number of fused-ring (bicyclic) bond motifs is 1. The Labute approximate surface area is 237 Å². The first-order valence-corrected chi connectivity index (χ1v) is 14.5. The van der Waals surface area contributed by atoms with Crippen LogP contribution in [0.1, 0.15) is 71.0 Å². The van der Waals surface area contributed by atoms with E-state index in [1.165, 1.54) is 17.4 Å². The summed E-state index contributed by atoms with van der Waals surface area (Å²) in [6, 6.07) is 11.7. The van der Waals surface area contributed by atoms with Crippen LogP contribution in [0.15, 0.2) is 63.5 Å². The number of allylic oxidation sites excluding steroid dienone is 1. The number of hydrogen-bond acceptors (Lipinski definition) is 8. The molecule has 1 N–H and O–H groups in total. The van der Waals surface area contributed by atoms with E-state index in [1.807, 2.05) is 31.2 Å². The number of carbonyl (C=O) groups excluding carboxylic acids is 1. The van der Waals surface area contributed by atoms with E-state index in [0.29, 0.717) is 45.1 Å². The minimum atomic E-state index is -0.711. The van der Waals surface area contributed by atoms with Gasteiger partial charge in [-0.3, -0.25) is 9.36 Å². The van der Waals surface area contributed by atoms with Crippen LogP contribution in [0.2, 0.25) is 0 Å². The van der Waals surface area contributed by atoms with Gasteiger partial charge < -0.3 is 19.3 Å². The number of thiazole rings is 1. The van der Waals surface area contributed by atoms with Gasteiger partial charge in [-0.1, -0.05) is 49.3 Å². The average molecular weight is 565 g/mol. The molecule has 40 heavy (non-hydrogen) atoms. The van der Waals surface area contributed by atoms with Gasteiger partial charge in [-0.15, -0.1) is 0 Å². The van der Waals surface area contributed by atoms with Gasteiger partial charge >= 0.3 is 5.97 Å². The molecule has 2 heterocycles. The first-order valence-electron chi connectivity index (χ1n) is 13.7. The zero-order chi connectivity index (χ0) is 28.8. The van der Waals surface area contributed by atoms with Gasteiger partial charge in [-0.2, -0.15) is 0 Å². The maximum absolute atomic E-state index is 13.8. The first-order chi connectivity index (χ1) is 19.2. The molecule has 0 amide bonds. The largest absolute Gasteiger partial charge is 0.504 e. The lowest BCUT2D eigenvalue weighted by Crippen LogP contribution is -2.40. The topological polar surface area (TPSA) is 99.4 Å². The lowest BCUT2D eigenvalue weighted by molar-refractivity contribution is -0.143. The van der Waals surface area contributed by atoms with Gasteiger partial charge in [0, 0.05) is 0 Å². The Morgan fingerprint density at radius 2 is 1.88 bits per heavy atom. The highest BCUT2D eigenvalue weighted by molar-refractivity contribution is 7.07. The fraction of sp³-hybridized carbons (Fsp3) is 0.387. The number of hydrogen-bond donors (Lipinski definition) is 1. The van der Waals surface area contributed by atoms with Crippen molar-refractivity contribution in [3.63, 3.8) is 0 Å². The molecule has 0 saturated carbocycles. The maximum Gasteiger partial charge on any atom is 0.338 e. The summed E-state index contributed by atoms with van der Waals surface area (Å²) in [6.07, 6.45) is 4.62. The molecule has 4 rings (SSSR count). The van der Waals surface area contributed by atoms with Crippen molar-refractivity contribution in [2.24, 2.45) is 4.99 Å². The van der Waals surface area contributed by atoms with Crippen LogP contribution in [-0.4, -0.2) is 35.0 Å². The summed E-state index contributed by atoms with van der Waals surface area (Å²) in [6.45, 7) is 10.4. The van der Waals surface area contributed by atoms with E-state index < -0.39 is 12.0 Å². The van der Waals surface area contributed by atoms with Gasteiger partial charge in [0.05, 0.1) is 41.2 Å². The van der Waals surface area contributed by atoms with E-state index in [-0.39, 0.29) is 17.4 Å². The van der Waals surface area contributed by atoms with Crippen molar-refractivity contribution < 1.29 is 24.1 Å². The van der Waals surface area contributed by atoms with E-state index >= 15 is 0 Å². The summed E-state index contributed by atoms with van der Waals surface area (Å²) in [5.41, 5.74) is 2.01. The monoisotopic (exact) mass is 564 g/mol. The summed E-state index contributed by atoms with van der Waals surface area (Å²) >= 11 is 1.24. The average Bonchev–Trinajstić information content (AvgIpc) is 3.22. The summed E-state index contributed by atoms with van der Waals surface area (Å²) in [5, 5.41) is 10.1. The Balaban J connectivity index is 1.80. The second kappa shape index (κ2) is 13.0. The Bertz CT molecular complexity index is 1570. The van der Waals surface area contributed by atoms with E-state index in [2.05, 4.69) is 11.9 Å². The van der Waals surface area contributed by atoms with E-state index in [4.69, 9.17) is 14.2 Å². The molecule has 1 aliphatic rings. The van der Waals surface area contributed by atoms with Gasteiger partial charge in [-0.25, -0.2) is 9.79 Å². The number of carbonyl (C=O) groups is 1. The van der Waals surface area contributed by atoms with Gasteiger partial charge in [0.25, 0.3) is 5.56 Å². The molecule has 0 spiro atoms. The summed E-state index contributed by atoms with van der Waals surface area (Å²) in [4.78, 5) is 32.3. The Morgan fingerprint density at radius 3 is 2.55 bits per heavy atom. The van der Waals surface area contributed by atoms with Crippen molar-refractivity contribution in [2.45, 2.75) is 66.0 Å². The van der Waals surface area contributed by atoms with Crippen molar-refractivity contribution in [3.05, 3.63) is 84.5 Å². The lowest BCUT2D eigenvalue weighted by atomic mass is 9.96. The molecule has 0 aliphatic carbocycles. The highest BCUT2D eigenvalue weighted by Gasteiger charge is 2.33. The summed E-state index contributed by atoms with van der Waals surface area (Å²) in [5.74, 6) is 0.600. The number of ether oxygens (including phenoxy) is 3. The molecule has 0 fully saturated rings. The van der Waals surface area contributed by atoms with Crippen LogP contribution in [0.25, 0.3) is 6.08 Å². The molecule has 1 atom stereocenters. The van der Waals surface area contributed by atoms with Crippen molar-refractivity contribution >= 4 is 23.4 Å². The van der Waals surface area contributed by atoms with E-state index in [1.54, 1.807) is 43.5 Å². The van der Waals surface area contributed by atoms with Gasteiger partial charge in [0.2, 0.25) is 0 Å². The molecule has 3 aromatic rings. The van der Waals surface area contributed by atoms with Gasteiger partial charge in [0.15, 0.2) is 16.3 Å². The van der Waals surface area contributed by atoms with Crippen LogP contribution >= 0.6 is 11.3 Å². The predicted molar refractivity (Wildman–Crippen MR) is 156 cm³/mol. The smallest absolute Gasteiger partial charge is 0.338 e. The number of phenolic OH excluding ortho intramolecular Hbond substituents is 1. The molecule has 0 saturated heterocycles. The first kappa shape index (κ1) is 29.1. The fourth-order valence-electron chi connectivity index (χ4n) is 4.51. The molecule has 0 radical (unpaired) electrons. The van der Waals surface area contributed by atoms with E-state index in [9.17, 15) is 14.7 Å². The third kappa shape index (κ3) is 6.47. The van der Waals surface area contributed by atoms with Gasteiger partial charge in [0.1, 0.15) is 5.75 Å². The molecule has 9 heteroatoms. The second-order valence-corrected chi connectivity index (χ2v) is 10.8. The minimum absolute atomic E-state index is 0.0298. The van der Waals surface area contributed by atoms with Crippen molar-refractivity contribution in [3.8, 4) is 17.2 Å². The third-order valence-electron chi connectivity index (χ3n) is 6.38. The zero-order valence-corrected chi connectivity index (χ0v) is 24.4. The number of aromatic hydroxyl groups is 1.